The van der Waals surface area contributed by atoms with Gasteiger partial charge in [-0.25, -0.2) is 0 Å². The van der Waals surface area contributed by atoms with Crippen molar-refractivity contribution in [3.63, 3.8) is 0 Å². The summed E-state index contributed by atoms with van der Waals surface area (Å²) in [7, 11) is 1.53. The van der Waals surface area contributed by atoms with Gasteiger partial charge in [-0.05, 0) is 13.0 Å². The van der Waals surface area contributed by atoms with Crippen LogP contribution in [-0.2, 0) is 9.53 Å². The van der Waals surface area contributed by atoms with E-state index in [4.69, 9.17) is 27.9 Å². The molecule has 0 radical (unpaired) electrons. The number of halogens is 2. The van der Waals surface area contributed by atoms with E-state index < -0.39 is 10.9 Å². The van der Waals surface area contributed by atoms with Crippen molar-refractivity contribution in [3.05, 3.63) is 32.3 Å². The Bertz CT molecular complexity index is 508. The smallest absolute Gasteiger partial charge is 0.325 e. The topological polar surface area (TPSA) is 72.7 Å². The van der Waals surface area contributed by atoms with Crippen LogP contribution in [0.1, 0.15) is 6.92 Å². The van der Waals surface area contributed by atoms with Gasteiger partial charge >= 0.3 is 5.97 Å². The maximum absolute atomic E-state index is 11.4. The highest BCUT2D eigenvalue weighted by atomic mass is 35.5. The number of carbonyl (C=O) groups is 1. The van der Waals surface area contributed by atoms with Crippen molar-refractivity contribution in [1.82, 2.24) is 0 Å². The fourth-order valence-corrected chi connectivity index (χ4v) is 1.78. The molecule has 1 rings (SSSR count). The Morgan fingerprint density at radius 1 is 1.42 bits per heavy atom. The van der Waals surface area contributed by atoms with Crippen LogP contribution in [0.2, 0.25) is 10.0 Å². The van der Waals surface area contributed by atoms with Gasteiger partial charge in [0, 0.05) is 13.1 Å². The molecule has 0 amide bonds. The van der Waals surface area contributed by atoms with Gasteiger partial charge in [0.05, 0.1) is 21.6 Å². The van der Waals surface area contributed by atoms with Crippen LogP contribution in [0.25, 0.3) is 0 Å². The van der Waals surface area contributed by atoms with Crippen molar-refractivity contribution >= 4 is 40.5 Å². The van der Waals surface area contributed by atoms with Gasteiger partial charge in [-0.3, -0.25) is 14.9 Å². The van der Waals surface area contributed by atoms with Gasteiger partial charge in [0.1, 0.15) is 12.2 Å². The summed E-state index contributed by atoms with van der Waals surface area (Å²) in [4.78, 5) is 23.1. The number of ether oxygens (including phenoxy) is 1. The van der Waals surface area contributed by atoms with Crippen LogP contribution in [0.5, 0.6) is 0 Å². The number of likely N-dealkylation sites (N-methyl/N-ethyl adjacent to an activating group) is 1. The van der Waals surface area contributed by atoms with Gasteiger partial charge in [-0.2, -0.15) is 0 Å². The van der Waals surface area contributed by atoms with Gasteiger partial charge in [0.15, 0.2) is 0 Å². The van der Waals surface area contributed by atoms with Gasteiger partial charge in [0.25, 0.3) is 5.69 Å². The van der Waals surface area contributed by atoms with Crippen LogP contribution in [0, 0.1) is 10.1 Å². The van der Waals surface area contributed by atoms with Crippen LogP contribution >= 0.6 is 23.2 Å². The predicted molar refractivity (Wildman–Crippen MR) is 73.0 cm³/mol. The highest BCUT2D eigenvalue weighted by molar-refractivity contribution is 6.42. The molecule has 6 nitrogen and oxygen atoms in total. The number of hydrogen-bond donors (Lipinski definition) is 0. The lowest BCUT2D eigenvalue weighted by molar-refractivity contribution is -0.384. The SMILES string of the molecule is CCOC(=O)CN(C)c1cc(Cl)c(Cl)cc1[N+](=O)[O-]. The second kappa shape index (κ2) is 6.58. The second-order valence-electron chi connectivity index (χ2n) is 3.67. The van der Waals surface area contributed by atoms with E-state index in [-0.39, 0.29) is 34.6 Å². The molecular weight excluding hydrogens is 295 g/mol. The molecule has 0 N–H and O–H groups in total. The molecule has 0 bridgehead atoms. The number of nitrogens with zero attached hydrogens (tertiary/aromatic N) is 2. The molecule has 0 aliphatic heterocycles. The Morgan fingerprint density at radius 3 is 2.53 bits per heavy atom. The molecule has 0 atom stereocenters. The molecule has 0 heterocycles. The first-order chi connectivity index (χ1) is 8.86. The van der Waals surface area contributed by atoms with Crippen LogP contribution in [0.15, 0.2) is 12.1 Å². The molecule has 0 aromatic heterocycles. The zero-order valence-corrected chi connectivity index (χ0v) is 11.9. The fourth-order valence-electron chi connectivity index (χ4n) is 1.46. The standard InChI is InChI=1S/C11H12Cl2N2O4/c1-3-19-11(16)6-14(2)9-4-7(12)8(13)5-10(9)15(17)18/h4-5H,3,6H2,1-2H3. The fraction of sp³-hybridized carbons (Fsp3) is 0.364. The van der Waals surface area contributed by atoms with Gasteiger partial charge in [-0.15, -0.1) is 0 Å². The molecule has 19 heavy (non-hydrogen) atoms. The van der Waals surface area contributed by atoms with E-state index in [1.807, 2.05) is 0 Å². The average molecular weight is 307 g/mol. The molecule has 0 aliphatic rings. The van der Waals surface area contributed by atoms with Crippen LogP contribution in [0.4, 0.5) is 11.4 Å². The molecule has 0 saturated carbocycles. The second-order valence-corrected chi connectivity index (χ2v) is 4.49. The van der Waals surface area contributed by atoms with Crippen molar-refractivity contribution in [2.24, 2.45) is 0 Å². The third kappa shape index (κ3) is 3.97. The first kappa shape index (κ1) is 15.5. The molecule has 1 aromatic carbocycles. The van der Waals surface area contributed by atoms with Crippen molar-refractivity contribution in [1.29, 1.82) is 0 Å². The molecule has 8 heteroatoms. The van der Waals surface area contributed by atoms with Gasteiger partial charge < -0.3 is 9.64 Å². The average Bonchev–Trinajstić information content (AvgIpc) is 2.31. The van der Waals surface area contributed by atoms with E-state index in [2.05, 4.69) is 0 Å². The molecule has 0 saturated heterocycles. The largest absolute Gasteiger partial charge is 0.465 e. The van der Waals surface area contributed by atoms with Crippen molar-refractivity contribution in [2.45, 2.75) is 6.92 Å². The summed E-state index contributed by atoms with van der Waals surface area (Å²) in [6, 6.07) is 2.50. The predicted octanol–water partition coefficient (Wildman–Crippen LogP) is 2.90. The number of nitro benzene ring substituents is 1. The van der Waals surface area contributed by atoms with Crippen molar-refractivity contribution in [3.8, 4) is 0 Å². The Morgan fingerprint density at radius 2 is 2.00 bits per heavy atom. The third-order valence-corrected chi connectivity index (χ3v) is 3.02. The van der Waals surface area contributed by atoms with E-state index in [0.717, 1.165) is 6.07 Å². The minimum Gasteiger partial charge on any atom is -0.465 e. The Balaban J connectivity index is 3.07. The minimum absolute atomic E-state index is 0.0849. The maximum atomic E-state index is 11.4. The molecule has 104 valence electrons. The molecule has 1 aromatic rings. The number of rotatable bonds is 5. The monoisotopic (exact) mass is 306 g/mol. The van der Waals surface area contributed by atoms with E-state index in [9.17, 15) is 14.9 Å². The molecule has 0 unspecified atom stereocenters. The first-order valence-corrected chi connectivity index (χ1v) is 6.12. The Kier molecular flexibility index (Phi) is 5.38. The summed E-state index contributed by atoms with van der Waals surface area (Å²) in [6.45, 7) is 1.81. The normalized spacial score (nSPS) is 10.1. The number of hydrogen-bond acceptors (Lipinski definition) is 5. The van der Waals surface area contributed by atoms with Crippen LogP contribution < -0.4 is 4.90 Å². The summed E-state index contributed by atoms with van der Waals surface area (Å²) in [5, 5.41) is 11.2. The van der Waals surface area contributed by atoms with E-state index in [1.54, 1.807) is 6.92 Å². The van der Waals surface area contributed by atoms with Gasteiger partial charge in [-0.1, -0.05) is 23.2 Å². The van der Waals surface area contributed by atoms with Crippen molar-refractivity contribution < 1.29 is 14.5 Å². The maximum Gasteiger partial charge on any atom is 0.325 e. The molecule has 0 spiro atoms. The molecule has 0 aliphatic carbocycles. The number of anilines is 1. The number of benzene rings is 1. The third-order valence-electron chi connectivity index (χ3n) is 2.30. The highest BCUT2D eigenvalue weighted by Crippen LogP contribution is 2.35. The minimum atomic E-state index is -0.584. The summed E-state index contributed by atoms with van der Waals surface area (Å²) in [5.74, 6) is -0.481. The van der Waals surface area contributed by atoms with E-state index in [0.29, 0.717) is 0 Å². The lowest BCUT2D eigenvalue weighted by atomic mass is 10.2. The van der Waals surface area contributed by atoms with Crippen LogP contribution in [-0.4, -0.2) is 31.1 Å². The zero-order valence-electron chi connectivity index (χ0n) is 10.4. The Labute approximate surface area is 120 Å². The summed E-state index contributed by atoms with van der Waals surface area (Å²) < 4.78 is 4.78. The lowest BCUT2D eigenvalue weighted by Gasteiger charge is -2.18. The molecular formula is C11H12Cl2N2O4. The highest BCUT2D eigenvalue weighted by Gasteiger charge is 2.21. The van der Waals surface area contributed by atoms with E-state index >= 15 is 0 Å². The Hall–Kier alpha value is -1.53. The first-order valence-electron chi connectivity index (χ1n) is 5.37. The van der Waals surface area contributed by atoms with Crippen molar-refractivity contribution in [2.75, 3.05) is 25.1 Å². The number of nitro groups is 1. The molecule has 0 fully saturated rings. The summed E-state index contributed by atoms with van der Waals surface area (Å²) >= 11 is 11.6. The van der Waals surface area contributed by atoms with Crippen LogP contribution in [0.3, 0.4) is 0 Å². The van der Waals surface area contributed by atoms with E-state index in [1.165, 1.54) is 18.0 Å². The summed E-state index contributed by atoms with van der Waals surface area (Å²) in [5.41, 5.74) is -0.0198. The lowest BCUT2D eigenvalue weighted by Crippen LogP contribution is -2.27. The number of carbonyl (C=O) groups excluding carboxylic acids is 1. The summed E-state index contributed by atoms with van der Waals surface area (Å²) in [6.07, 6.45) is 0. The van der Waals surface area contributed by atoms with Gasteiger partial charge in [0.2, 0.25) is 0 Å². The number of esters is 1. The quantitative estimate of drug-likeness (QED) is 0.475. The zero-order chi connectivity index (χ0) is 14.6.